The minimum Gasteiger partial charge on any atom is -0.503 e. The summed E-state index contributed by atoms with van der Waals surface area (Å²) < 4.78 is 26.8. The molecule has 34 heavy (non-hydrogen) atoms. The molecule has 0 N–H and O–H groups in total. The van der Waals surface area contributed by atoms with E-state index in [9.17, 15) is 4.79 Å². The van der Waals surface area contributed by atoms with E-state index in [1.807, 2.05) is 42.5 Å². The Balaban J connectivity index is 1.73. The van der Waals surface area contributed by atoms with Gasteiger partial charge in [-0.1, -0.05) is 59.6 Å². The number of carbonyl (C=O) groups is 1. The van der Waals surface area contributed by atoms with Gasteiger partial charge >= 0.3 is 5.97 Å². The van der Waals surface area contributed by atoms with E-state index in [4.69, 9.17) is 46.9 Å². The fraction of sp³-hybridized carbons (Fsp3) is 0.192. The van der Waals surface area contributed by atoms with Crippen molar-refractivity contribution < 1.29 is 28.5 Å². The van der Waals surface area contributed by atoms with Gasteiger partial charge in [0.1, 0.15) is 30.3 Å². The molecule has 3 rings (SSSR count). The van der Waals surface area contributed by atoms with Gasteiger partial charge in [-0.15, -0.1) is 0 Å². The maximum absolute atomic E-state index is 12.2. The van der Waals surface area contributed by atoms with Gasteiger partial charge in [0.25, 0.3) is 0 Å². The Morgan fingerprint density at radius 1 is 0.853 bits per heavy atom. The van der Waals surface area contributed by atoms with E-state index in [0.717, 1.165) is 16.9 Å². The molecule has 0 aliphatic heterocycles. The van der Waals surface area contributed by atoms with Crippen molar-refractivity contribution in [2.75, 3.05) is 21.3 Å². The van der Waals surface area contributed by atoms with Crippen LogP contribution in [0.15, 0.2) is 66.9 Å². The average molecular weight is 503 g/mol. The summed E-state index contributed by atoms with van der Waals surface area (Å²) in [5.74, 6) is 1.07. The third-order valence-electron chi connectivity index (χ3n) is 4.86. The van der Waals surface area contributed by atoms with Crippen molar-refractivity contribution >= 4 is 34.7 Å². The summed E-state index contributed by atoms with van der Waals surface area (Å²) in [7, 11) is 4.39. The highest BCUT2D eigenvalue weighted by Crippen LogP contribution is 2.38. The van der Waals surface area contributed by atoms with Crippen molar-refractivity contribution in [2.24, 2.45) is 0 Å². The van der Waals surface area contributed by atoms with E-state index in [1.54, 1.807) is 25.3 Å². The minimum absolute atomic E-state index is 0.160. The lowest BCUT2D eigenvalue weighted by molar-refractivity contribution is -0.133. The largest absolute Gasteiger partial charge is 0.503 e. The molecule has 0 atom stereocenters. The van der Waals surface area contributed by atoms with E-state index in [2.05, 4.69) is 0 Å². The molecule has 0 fully saturated rings. The van der Waals surface area contributed by atoms with Crippen LogP contribution in [0, 0.1) is 0 Å². The Kier molecular flexibility index (Phi) is 9.08. The number of hydrogen-bond donors (Lipinski definition) is 0. The molecule has 0 heterocycles. The molecule has 178 valence electrons. The molecule has 0 bridgehead atoms. The van der Waals surface area contributed by atoms with Crippen LogP contribution in [0.4, 0.5) is 0 Å². The van der Waals surface area contributed by atoms with Crippen LogP contribution in [0.2, 0.25) is 10.0 Å². The molecule has 0 unspecified atom stereocenters. The second-order valence-electron chi connectivity index (χ2n) is 7.06. The van der Waals surface area contributed by atoms with E-state index in [-0.39, 0.29) is 12.2 Å². The third kappa shape index (κ3) is 6.37. The number of halogens is 2. The molecule has 0 spiro atoms. The molecule has 0 amide bonds. The second-order valence-corrected chi connectivity index (χ2v) is 7.87. The van der Waals surface area contributed by atoms with Crippen molar-refractivity contribution in [1.29, 1.82) is 0 Å². The van der Waals surface area contributed by atoms with Gasteiger partial charge in [0, 0.05) is 12.1 Å². The van der Waals surface area contributed by atoms with Crippen LogP contribution in [0.1, 0.15) is 16.7 Å². The van der Waals surface area contributed by atoms with Gasteiger partial charge in [-0.25, -0.2) is 4.79 Å². The summed E-state index contributed by atoms with van der Waals surface area (Å²) in [5, 5.41) is 0.637. The SMILES string of the molecule is COC=C(C(=O)OC)c1ccccc1COc1cc(Cl)c(OCc2ccc(OC)cc2)c(Cl)c1. The maximum atomic E-state index is 12.2. The van der Waals surface area contributed by atoms with Crippen molar-refractivity contribution in [3.63, 3.8) is 0 Å². The van der Waals surface area contributed by atoms with Crippen LogP contribution in [-0.2, 0) is 27.5 Å². The monoisotopic (exact) mass is 502 g/mol. The predicted octanol–water partition coefficient (Wildman–Crippen LogP) is 6.32. The topological polar surface area (TPSA) is 63.2 Å². The normalized spacial score (nSPS) is 11.0. The lowest BCUT2D eigenvalue weighted by Crippen LogP contribution is -2.08. The molecular formula is C26H24Cl2O6. The summed E-state index contributed by atoms with van der Waals surface area (Å²) in [4.78, 5) is 12.2. The van der Waals surface area contributed by atoms with E-state index >= 15 is 0 Å². The van der Waals surface area contributed by atoms with Gasteiger partial charge < -0.3 is 23.7 Å². The van der Waals surface area contributed by atoms with Crippen molar-refractivity contribution in [3.05, 3.63) is 93.7 Å². The number of methoxy groups -OCH3 is 3. The van der Waals surface area contributed by atoms with Crippen LogP contribution in [0.5, 0.6) is 17.2 Å². The Hall–Kier alpha value is -3.35. The van der Waals surface area contributed by atoms with Crippen LogP contribution >= 0.6 is 23.2 Å². The Morgan fingerprint density at radius 3 is 2.15 bits per heavy atom. The zero-order valence-electron chi connectivity index (χ0n) is 19.0. The second kappa shape index (κ2) is 12.2. The number of esters is 1. The maximum Gasteiger partial charge on any atom is 0.341 e. The average Bonchev–Trinajstić information content (AvgIpc) is 2.85. The van der Waals surface area contributed by atoms with Gasteiger partial charge in [0.05, 0.1) is 37.6 Å². The highest BCUT2D eigenvalue weighted by molar-refractivity contribution is 6.37. The van der Waals surface area contributed by atoms with Gasteiger partial charge in [-0.2, -0.15) is 0 Å². The summed E-state index contributed by atoms with van der Waals surface area (Å²) in [6.07, 6.45) is 1.34. The van der Waals surface area contributed by atoms with Gasteiger partial charge in [-0.3, -0.25) is 0 Å². The van der Waals surface area contributed by atoms with E-state index in [1.165, 1.54) is 20.5 Å². The summed E-state index contributed by atoms with van der Waals surface area (Å²) in [5.41, 5.74) is 2.61. The summed E-state index contributed by atoms with van der Waals surface area (Å²) in [6, 6.07) is 18.1. The number of rotatable bonds is 10. The molecule has 0 aromatic heterocycles. The molecule has 6 nitrogen and oxygen atoms in total. The molecule has 0 aliphatic rings. The van der Waals surface area contributed by atoms with E-state index in [0.29, 0.717) is 33.7 Å². The first kappa shape index (κ1) is 25.3. The smallest absolute Gasteiger partial charge is 0.341 e. The van der Waals surface area contributed by atoms with Crippen molar-refractivity contribution in [3.8, 4) is 17.2 Å². The summed E-state index contributed by atoms with van der Waals surface area (Å²) in [6.45, 7) is 0.450. The number of benzene rings is 3. The van der Waals surface area contributed by atoms with Crippen LogP contribution in [0.25, 0.3) is 5.57 Å². The minimum atomic E-state index is -0.515. The lowest BCUT2D eigenvalue weighted by atomic mass is 10.0. The number of hydrogen-bond acceptors (Lipinski definition) is 6. The Bertz CT molecular complexity index is 1140. The number of ether oxygens (including phenoxy) is 5. The Morgan fingerprint density at radius 2 is 1.53 bits per heavy atom. The van der Waals surface area contributed by atoms with Gasteiger partial charge in [-0.05, 0) is 28.8 Å². The fourth-order valence-corrected chi connectivity index (χ4v) is 3.73. The van der Waals surface area contributed by atoms with E-state index < -0.39 is 5.97 Å². The molecular weight excluding hydrogens is 479 g/mol. The molecule has 3 aromatic carbocycles. The molecule has 8 heteroatoms. The number of carbonyl (C=O) groups excluding carboxylic acids is 1. The third-order valence-corrected chi connectivity index (χ3v) is 5.42. The van der Waals surface area contributed by atoms with Crippen molar-refractivity contribution in [1.82, 2.24) is 0 Å². The highest BCUT2D eigenvalue weighted by atomic mass is 35.5. The summed E-state index contributed by atoms with van der Waals surface area (Å²) >= 11 is 12.8. The molecule has 0 aliphatic carbocycles. The highest BCUT2D eigenvalue weighted by Gasteiger charge is 2.17. The first-order valence-electron chi connectivity index (χ1n) is 10.2. The van der Waals surface area contributed by atoms with Crippen LogP contribution in [-0.4, -0.2) is 27.3 Å². The molecule has 0 saturated heterocycles. The standard InChI is InChI=1S/C26H24Cl2O6/c1-30-16-22(26(29)32-3)21-7-5-4-6-18(21)15-33-20-12-23(27)25(24(28)13-20)34-14-17-8-10-19(31-2)11-9-17/h4-13,16H,14-15H2,1-3H3. The quantitative estimate of drug-likeness (QED) is 0.183. The fourth-order valence-electron chi connectivity index (χ4n) is 3.15. The van der Waals surface area contributed by atoms with Crippen LogP contribution in [0.3, 0.4) is 0 Å². The Labute approximate surface area is 208 Å². The van der Waals surface area contributed by atoms with Gasteiger partial charge in [0.2, 0.25) is 0 Å². The molecule has 0 saturated carbocycles. The lowest BCUT2D eigenvalue weighted by Gasteiger charge is -2.15. The molecule has 3 aromatic rings. The first-order chi connectivity index (χ1) is 16.5. The van der Waals surface area contributed by atoms with Crippen LogP contribution < -0.4 is 14.2 Å². The first-order valence-corrected chi connectivity index (χ1v) is 11.0. The zero-order chi connectivity index (χ0) is 24.5. The van der Waals surface area contributed by atoms with Gasteiger partial charge in [0.15, 0.2) is 5.75 Å². The predicted molar refractivity (Wildman–Crippen MR) is 132 cm³/mol. The molecule has 0 radical (unpaired) electrons. The van der Waals surface area contributed by atoms with Crippen molar-refractivity contribution in [2.45, 2.75) is 13.2 Å². The zero-order valence-corrected chi connectivity index (χ0v) is 20.5.